The summed E-state index contributed by atoms with van der Waals surface area (Å²) in [6.45, 7) is 3.67. The molecular weight excluding hydrogens is 218 g/mol. The van der Waals surface area contributed by atoms with Crippen molar-refractivity contribution in [2.24, 2.45) is 5.73 Å². The highest BCUT2D eigenvalue weighted by Crippen LogP contribution is 2.15. The molecule has 2 N–H and O–H groups in total. The number of hydrogen-bond donors (Lipinski definition) is 1. The van der Waals surface area contributed by atoms with Crippen molar-refractivity contribution in [2.75, 3.05) is 6.26 Å². The molecule has 1 aromatic rings. The Morgan fingerprint density at radius 1 is 1.47 bits per heavy atom. The second kappa shape index (κ2) is 4.28. The van der Waals surface area contributed by atoms with Crippen LogP contribution in [0.15, 0.2) is 4.52 Å². The van der Waals surface area contributed by atoms with Crippen LogP contribution in [0.2, 0.25) is 0 Å². The number of aromatic nitrogens is 2. The van der Waals surface area contributed by atoms with Gasteiger partial charge in [-0.3, -0.25) is 0 Å². The fourth-order valence-electron chi connectivity index (χ4n) is 0.970. The highest BCUT2D eigenvalue weighted by Gasteiger charge is 2.19. The van der Waals surface area contributed by atoms with Crippen molar-refractivity contribution in [1.29, 1.82) is 0 Å². The van der Waals surface area contributed by atoms with Crippen molar-refractivity contribution < 1.29 is 12.9 Å². The molecule has 1 rings (SSSR count). The Kier molecular flexibility index (Phi) is 3.46. The van der Waals surface area contributed by atoms with E-state index < -0.39 is 9.84 Å². The molecule has 6 nitrogen and oxygen atoms in total. The van der Waals surface area contributed by atoms with Gasteiger partial charge in [-0.25, -0.2) is 8.42 Å². The molecule has 0 amide bonds. The zero-order valence-corrected chi connectivity index (χ0v) is 9.78. The van der Waals surface area contributed by atoms with E-state index in [2.05, 4.69) is 10.1 Å². The van der Waals surface area contributed by atoms with E-state index in [9.17, 15) is 8.42 Å². The van der Waals surface area contributed by atoms with Crippen molar-refractivity contribution in [3.05, 3.63) is 11.7 Å². The van der Waals surface area contributed by atoms with Gasteiger partial charge in [0.1, 0.15) is 5.75 Å². The SMILES string of the molecule is CC(N)C(C)c1nc(CS(C)(=O)=O)no1. The van der Waals surface area contributed by atoms with Gasteiger partial charge >= 0.3 is 0 Å². The minimum absolute atomic E-state index is 0.0780. The molecular formula is C8H15N3O3S. The van der Waals surface area contributed by atoms with E-state index in [1.807, 2.05) is 13.8 Å². The highest BCUT2D eigenvalue weighted by atomic mass is 32.2. The summed E-state index contributed by atoms with van der Waals surface area (Å²) >= 11 is 0. The van der Waals surface area contributed by atoms with Crippen LogP contribution in [0.3, 0.4) is 0 Å². The molecule has 1 heterocycles. The number of hydrogen-bond acceptors (Lipinski definition) is 6. The van der Waals surface area contributed by atoms with Crippen LogP contribution in [0.1, 0.15) is 31.5 Å². The topological polar surface area (TPSA) is 99.1 Å². The van der Waals surface area contributed by atoms with Crippen molar-refractivity contribution >= 4 is 9.84 Å². The van der Waals surface area contributed by atoms with Gasteiger partial charge in [0.2, 0.25) is 5.89 Å². The van der Waals surface area contributed by atoms with Gasteiger partial charge in [-0.2, -0.15) is 4.98 Å². The number of nitrogens with two attached hydrogens (primary N) is 1. The predicted molar refractivity (Wildman–Crippen MR) is 54.9 cm³/mol. The van der Waals surface area contributed by atoms with E-state index >= 15 is 0 Å². The van der Waals surface area contributed by atoms with Crippen LogP contribution < -0.4 is 5.73 Å². The van der Waals surface area contributed by atoms with Crippen LogP contribution in [0.25, 0.3) is 0 Å². The molecule has 2 atom stereocenters. The average molecular weight is 233 g/mol. The molecule has 0 spiro atoms. The Morgan fingerprint density at radius 2 is 2.07 bits per heavy atom. The maximum atomic E-state index is 11.0. The quantitative estimate of drug-likeness (QED) is 0.789. The lowest BCUT2D eigenvalue weighted by Gasteiger charge is -2.09. The van der Waals surface area contributed by atoms with Crippen molar-refractivity contribution in [1.82, 2.24) is 10.1 Å². The summed E-state index contributed by atoms with van der Waals surface area (Å²) in [5, 5.41) is 3.58. The van der Waals surface area contributed by atoms with Gasteiger partial charge in [0.05, 0.1) is 5.92 Å². The van der Waals surface area contributed by atoms with E-state index in [1.165, 1.54) is 0 Å². The summed E-state index contributed by atoms with van der Waals surface area (Å²) in [4.78, 5) is 3.98. The largest absolute Gasteiger partial charge is 0.339 e. The van der Waals surface area contributed by atoms with E-state index in [0.717, 1.165) is 6.26 Å². The molecule has 0 aliphatic heterocycles. The summed E-state index contributed by atoms with van der Waals surface area (Å²) in [5.74, 6) is 0.275. The molecule has 0 aromatic carbocycles. The van der Waals surface area contributed by atoms with Gasteiger partial charge in [-0.1, -0.05) is 12.1 Å². The summed E-state index contributed by atoms with van der Waals surface area (Å²) in [6.07, 6.45) is 1.12. The Bertz CT molecular complexity index is 424. The monoisotopic (exact) mass is 233 g/mol. The first-order chi connectivity index (χ1) is 6.79. The Labute approximate surface area is 88.8 Å². The Hall–Kier alpha value is -0.950. The first-order valence-corrected chi connectivity index (χ1v) is 6.61. The summed E-state index contributed by atoms with van der Waals surface area (Å²) in [6, 6.07) is -0.114. The lowest BCUT2D eigenvalue weighted by Crippen LogP contribution is -2.22. The van der Waals surface area contributed by atoms with Gasteiger partial charge in [-0.05, 0) is 6.92 Å². The van der Waals surface area contributed by atoms with Gasteiger partial charge < -0.3 is 10.3 Å². The first-order valence-electron chi connectivity index (χ1n) is 4.55. The van der Waals surface area contributed by atoms with E-state index in [4.69, 9.17) is 10.3 Å². The molecule has 7 heteroatoms. The zero-order chi connectivity index (χ0) is 11.6. The highest BCUT2D eigenvalue weighted by molar-refractivity contribution is 7.89. The van der Waals surface area contributed by atoms with E-state index in [-0.39, 0.29) is 23.5 Å². The third kappa shape index (κ3) is 3.60. The summed E-state index contributed by atoms with van der Waals surface area (Å²) < 4.78 is 26.9. The Morgan fingerprint density at radius 3 is 2.53 bits per heavy atom. The van der Waals surface area contributed by atoms with Gasteiger partial charge in [0.15, 0.2) is 15.7 Å². The van der Waals surface area contributed by atoms with E-state index in [1.54, 1.807) is 0 Å². The van der Waals surface area contributed by atoms with Crippen molar-refractivity contribution in [3.8, 4) is 0 Å². The fourth-order valence-corrected chi connectivity index (χ4v) is 1.56. The smallest absolute Gasteiger partial charge is 0.231 e. The van der Waals surface area contributed by atoms with Crippen LogP contribution in [-0.2, 0) is 15.6 Å². The normalized spacial score (nSPS) is 16.3. The van der Waals surface area contributed by atoms with Crippen LogP contribution in [-0.4, -0.2) is 30.9 Å². The van der Waals surface area contributed by atoms with Crippen LogP contribution in [0, 0.1) is 0 Å². The number of nitrogens with zero attached hydrogens (tertiary/aromatic N) is 2. The molecule has 1 aromatic heterocycles. The van der Waals surface area contributed by atoms with Gasteiger partial charge in [-0.15, -0.1) is 0 Å². The van der Waals surface area contributed by atoms with E-state index in [0.29, 0.717) is 5.89 Å². The second-order valence-corrected chi connectivity index (χ2v) is 5.91. The second-order valence-electron chi connectivity index (χ2n) is 3.77. The van der Waals surface area contributed by atoms with Crippen LogP contribution >= 0.6 is 0 Å². The maximum Gasteiger partial charge on any atom is 0.231 e. The van der Waals surface area contributed by atoms with Gasteiger partial charge in [0.25, 0.3) is 0 Å². The number of sulfone groups is 1. The third-order valence-electron chi connectivity index (χ3n) is 2.05. The van der Waals surface area contributed by atoms with Crippen molar-refractivity contribution in [2.45, 2.75) is 31.6 Å². The zero-order valence-electron chi connectivity index (χ0n) is 8.97. The predicted octanol–water partition coefficient (Wildman–Crippen LogP) is 0.0649. The molecule has 2 unspecified atom stereocenters. The standard InChI is InChI=1S/C8H15N3O3S/c1-5(6(2)9)8-10-7(11-14-8)4-15(3,12)13/h5-6H,4,9H2,1-3H3. The first kappa shape index (κ1) is 12.1. The molecule has 0 aliphatic carbocycles. The molecule has 0 fully saturated rings. The molecule has 0 bridgehead atoms. The Balaban J connectivity index is 2.81. The molecule has 86 valence electrons. The molecule has 15 heavy (non-hydrogen) atoms. The maximum absolute atomic E-state index is 11.0. The minimum atomic E-state index is -3.13. The third-order valence-corrected chi connectivity index (χ3v) is 2.84. The lowest BCUT2D eigenvalue weighted by atomic mass is 10.1. The number of rotatable bonds is 4. The molecule has 0 saturated carbocycles. The minimum Gasteiger partial charge on any atom is -0.339 e. The van der Waals surface area contributed by atoms with Gasteiger partial charge in [0, 0.05) is 12.3 Å². The molecule has 0 aliphatic rings. The summed E-state index contributed by atoms with van der Waals surface area (Å²) in [5.41, 5.74) is 5.66. The average Bonchev–Trinajstić information content (AvgIpc) is 2.48. The van der Waals surface area contributed by atoms with Crippen LogP contribution in [0.4, 0.5) is 0 Å². The lowest BCUT2D eigenvalue weighted by molar-refractivity contribution is 0.343. The van der Waals surface area contributed by atoms with Crippen LogP contribution in [0.5, 0.6) is 0 Å². The molecule has 0 radical (unpaired) electrons. The van der Waals surface area contributed by atoms with Crippen molar-refractivity contribution in [3.63, 3.8) is 0 Å². The fraction of sp³-hybridized carbons (Fsp3) is 0.750. The summed E-state index contributed by atoms with van der Waals surface area (Å²) in [7, 11) is -3.13. The molecule has 0 saturated heterocycles.